The van der Waals surface area contributed by atoms with Gasteiger partial charge < -0.3 is 10.2 Å². The quantitative estimate of drug-likeness (QED) is 0.795. The second-order valence-corrected chi connectivity index (χ2v) is 5.71. The molecule has 0 aromatic heterocycles. The topological polar surface area (TPSA) is 32.3 Å². The Hall–Kier alpha value is -0.570. The minimum atomic E-state index is -0.0613. The molecule has 1 saturated carbocycles. The van der Waals surface area contributed by atoms with Crippen LogP contribution in [-0.2, 0) is 4.79 Å². The number of amides is 1. The lowest BCUT2D eigenvalue weighted by Gasteiger charge is -2.35. The van der Waals surface area contributed by atoms with E-state index in [0.717, 1.165) is 6.54 Å². The summed E-state index contributed by atoms with van der Waals surface area (Å²) in [4.78, 5) is 13.3. The van der Waals surface area contributed by atoms with Gasteiger partial charge in [-0.3, -0.25) is 4.79 Å². The van der Waals surface area contributed by atoms with Gasteiger partial charge in [0.15, 0.2) is 0 Å². The van der Waals surface area contributed by atoms with E-state index in [0.29, 0.717) is 5.41 Å². The highest BCUT2D eigenvalue weighted by Crippen LogP contribution is 2.34. The lowest BCUT2D eigenvalue weighted by Crippen LogP contribution is -2.45. The van der Waals surface area contributed by atoms with Crippen LogP contribution in [0.5, 0.6) is 0 Å². The van der Waals surface area contributed by atoms with E-state index >= 15 is 0 Å². The van der Waals surface area contributed by atoms with Crippen LogP contribution in [-0.4, -0.2) is 37.5 Å². The Morgan fingerprint density at radius 2 is 1.88 bits per heavy atom. The second-order valence-electron chi connectivity index (χ2n) is 5.71. The van der Waals surface area contributed by atoms with E-state index in [1.807, 2.05) is 21.0 Å². The van der Waals surface area contributed by atoms with E-state index in [4.69, 9.17) is 0 Å². The van der Waals surface area contributed by atoms with Gasteiger partial charge in [-0.15, -0.1) is 0 Å². The molecule has 0 heterocycles. The van der Waals surface area contributed by atoms with Gasteiger partial charge in [-0.05, 0) is 25.2 Å². The highest BCUT2D eigenvalue weighted by Gasteiger charge is 2.27. The third-order valence-electron chi connectivity index (χ3n) is 3.71. The van der Waals surface area contributed by atoms with Gasteiger partial charge in [0.05, 0.1) is 6.04 Å². The minimum absolute atomic E-state index is 0.0613. The summed E-state index contributed by atoms with van der Waals surface area (Å²) in [6, 6.07) is -0.0613. The van der Waals surface area contributed by atoms with Gasteiger partial charge in [0.1, 0.15) is 0 Å². The first-order valence-electron chi connectivity index (χ1n) is 6.39. The van der Waals surface area contributed by atoms with E-state index in [9.17, 15) is 4.79 Å². The van der Waals surface area contributed by atoms with Crippen molar-refractivity contribution < 1.29 is 4.79 Å². The van der Waals surface area contributed by atoms with Crippen molar-refractivity contribution in [3.05, 3.63) is 0 Å². The number of carbonyl (C=O) groups excluding carboxylic acids is 1. The number of carbonyl (C=O) groups is 1. The average Bonchev–Trinajstić information content (AvgIpc) is 2.26. The fourth-order valence-corrected chi connectivity index (χ4v) is 2.46. The smallest absolute Gasteiger partial charge is 0.238 e. The van der Waals surface area contributed by atoms with E-state index in [1.165, 1.54) is 32.1 Å². The highest BCUT2D eigenvalue weighted by molar-refractivity contribution is 5.80. The summed E-state index contributed by atoms with van der Waals surface area (Å²) in [7, 11) is 3.62. The number of nitrogens with zero attached hydrogens (tertiary/aromatic N) is 1. The Morgan fingerprint density at radius 1 is 1.31 bits per heavy atom. The second kappa shape index (κ2) is 5.67. The summed E-state index contributed by atoms with van der Waals surface area (Å²) in [6.45, 7) is 5.26. The van der Waals surface area contributed by atoms with Crippen molar-refractivity contribution in [2.75, 3.05) is 20.6 Å². The minimum Gasteiger partial charge on any atom is -0.347 e. The molecule has 1 unspecified atom stereocenters. The lowest BCUT2D eigenvalue weighted by atomic mass is 9.75. The molecule has 16 heavy (non-hydrogen) atoms. The van der Waals surface area contributed by atoms with Crippen molar-refractivity contribution in [3.8, 4) is 0 Å². The molecule has 3 nitrogen and oxygen atoms in total. The van der Waals surface area contributed by atoms with Crippen molar-refractivity contribution in [1.29, 1.82) is 0 Å². The first kappa shape index (κ1) is 13.5. The molecule has 0 radical (unpaired) electrons. The summed E-state index contributed by atoms with van der Waals surface area (Å²) >= 11 is 0. The van der Waals surface area contributed by atoms with Crippen molar-refractivity contribution in [2.24, 2.45) is 5.41 Å². The molecule has 1 rings (SSSR count). The molecular formula is C13H26N2O. The van der Waals surface area contributed by atoms with Gasteiger partial charge in [0, 0.05) is 20.6 Å². The monoisotopic (exact) mass is 226 g/mol. The molecule has 1 amide bonds. The molecule has 1 fully saturated rings. The molecule has 1 atom stereocenters. The number of hydrogen-bond donors (Lipinski definition) is 1. The van der Waals surface area contributed by atoms with Crippen LogP contribution in [0.2, 0.25) is 0 Å². The van der Waals surface area contributed by atoms with Crippen LogP contribution in [0.3, 0.4) is 0 Å². The molecule has 0 spiro atoms. The fourth-order valence-electron chi connectivity index (χ4n) is 2.46. The summed E-state index contributed by atoms with van der Waals surface area (Å²) in [6.07, 6.45) is 6.65. The largest absolute Gasteiger partial charge is 0.347 e. The molecule has 94 valence electrons. The van der Waals surface area contributed by atoms with Crippen molar-refractivity contribution >= 4 is 5.91 Å². The zero-order chi connectivity index (χ0) is 12.2. The predicted molar refractivity (Wildman–Crippen MR) is 67.4 cm³/mol. The molecular weight excluding hydrogens is 200 g/mol. The van der Waals surface area contributed by atoms with Crippen LogP contribution >= 0.6 is 0 Å². The molecule has 0 aromatic carbocycles. The Morgan fingerprint density at radius 3 is 2.38 bits per heavy atom. The summed E-state index contributed by atoms with van der Waals surface area (Å²) < 4.78 is 0. The molecule has 1 N–H and O–H groups in total. The zero-order valence-electron chi connectivity index (χ0n) is 11.2. The van der Waals surface area contributed by atoms with Gasteiger partial charge in [-0.25, -0.2) is 0 Å². The Balaban J connectivity index is 2.35. The number of nitrogens with one attached hydrogen (secondary N) is 1. The molecule has 3 heteroatoms. The maximum atomic E-state index is 11.7. The lowest BCUT2D eigenvalue weighted by molar-refractivity contribution is -0.130. The molecule has 0 aromatic rings. The summed E-state index contributed by atoms with van der Waals surface area (Å²) in [5.74, 6) is 0.166. The van der Waals surface area contributed by atoms with Crippen LogP contribution in [0.1, 0.15) is 46.0 Å². The number of hydrogen-bond acceptors (Lipinski definition) is 2. The van der Waals surface area contributed by atoms with Gasteiger partial charge >= 0.3 is 0 Å². The van der Waals surface area contributed by atoms with Gasteiger partial charge in [-0.1, -0.05) is 26.2 Å². The van der Waals surface area contributed by atoms with Gasteiger partial charge in [0.2, 0.25) is 5.91 Å². The van der Waals surface area contributed by atoms with Crippen LogP contribution in [0.15, 0.2) is 0 Å². The number of likely N-dealkylation sites (N-methyl/N-ethyl adjacent to an activating group) is 1. The van der Waals surface area contributed by atoms with E-state index < -0.39 is 0 Å². The van der Waals surface area contributed by atoms with E-state index in [2.05, 4.69) is 12.2 Å². The van der Waals surface area contributed by atoms with Crippen LogP contribution in [0, 0.1) is 5.41 Å². The Labute approximate surface area is 99.6 Å². The Kier molecular flexibility index (Phi) is 4.78. The summed E-state index contributed by atoms with van der Waals surface area (Å²) in [5.41, 5.74) is 0.402. The Bertz CT molecular complexity index is 232. The predicted octanol–water partition coefficient (Wildman–Crippen LogP) is 2.02. The molecule has 0 bridgehead atoms. The van der Waals surface area contributed by atoms with E-state index in [1.54, 1.807) is 4.90 Å². The van der Waals surface area contributed by atoms with Crippen molar-refractivity contribution in [1.82, 2.24) is 10.2 Å². The van der Waals surface area contributed by atoms with Crippen LogP contribution in [0.25, 0.3) is 0 Å². The summed E-state index contributed by atoms with van der Waals surface area (Å²) in [5, 5.41) is 3.38. The fraction of sp³-hybridized carbons (Fsp3) is 0.923. The van der Waals surface area contributed by atoms with Gasteiger partial charge in [-0.2, -0.15) is 0 Å². The average molecular weight is 226 g/mol. The normalized spacial score (nSPS) is 21.5. The first-order valence-corrected chi connectivity index (χ1v) is 6.39. The maximum Gasteiger partial charge on any atom is 0.238 e. The number of rotatable bonds is 4. The third-order valence-corrected chi connectivity index (χ3v) is 3.71. The molecule has 1 aliphatic carbocycles. The van der Waals surface area contributed by atoms with Crippen molar-refractivity contribution in [3.63, 3.8) is 0 Å². The standard InChI is InChI=1S/C13H26N2O/c1-11(12(16)15(3)4)14-10-13(2)8-6-5-7-9-13/h11,14H,5-10H2,1-4H3. The molecule has 1 aliphatic rings. The highest BCUT2D eigenvalue weighted by atomic mass is 16.2. The SMILES string of the molecule is CC(NCC1(C)CCCCC1)C(=O)N(C)C. The zero-order valence-corrected chi connectivity index (χ0v) is 11.2. The van der Waals surface area contributed by atoms with Crippen LogP contribution < -0.4 is 5.32 Å². The molecule has 0 aliphatic heterocycles. The molecule has 0 saturated heterocycles. The van der Waals surface area contributed by atoms with Gasteiger partial charge in [0.25, 0.3) is 0 Å². The third kappa shape index (κ3) is 3.78. The van der Waals surface area contributed by atoms with E-state index in [-0.39, 0.29) is 11.9 Å². The first-order chi connectivity index (χ1) is 7.44. The van der Waals surface area contributed by atoms with Crippen molar-refractivity contribution in [2.45, 2.75) is 52.0 Å². The van der Waals surface area contributed by atoms with Crippen LogP contribution in [0.4, 0.5) is 0 Å². The maximum absolute atomic E-state index is 11.7.